The molecule has 0 amide bonds. The van der Waals surface area contributed by atoms with Gasteiger partial charge in [-0.05, 0) is 18.1 Å². The Kier molecular flexibility index (Phi) is 5.01. The van der Waals surface area contributed by atoms with E-state index in [2.05, 4.69) is 5.10 Å². The molecule has 1 heterocycles. The number of aromatic nitrogens is 2. The first-order valence-corrected chi connectivity index (χ1v) is 9.49. The van der Waals surface area contributed by atoms with E-state index in [1.54, 1.807) is 24.9 Å². The van der Waals surface area contributed by atoms with Gasteiger partial charge in [0.2, 0.25) is 10.0 Å². The molecule has 0 unspecified atom stereocenters. The van der Waals surface area contributed by atoms with E-state index in [-0.39, 0.29) is 4.90 Å². The lowest BCUT2D eigenvalue weighted by molar-refractivity contribution is 0.466. The van der Waals surface area contributed by atoms with Gasteiger partial charge >= 0.3 is 0 Å². The van der Waals surface area contributed by atoms with E-state index < -0.39 is 10.0 Å². The molecule has 0 aliphatic carbocycles. The zero-order valence-electron chi connectivity index (χ0n) is 14.3. The van der Waals surface area contributed by atoms with Crippen LogP contribution in [0.15, 0.2) is 71.8 Å². The fourth-order valence-electron chi connectivity index (χ4n) is 2.70. The minimum Gasteiger partial charge on any atom is -0.267 e. The SMILES string of the molecule is Cc1nn(Cc2ccccc2)cc1S(=O)(=O)N(C)Cc1ccccc1. The maximum absolute atomic E-state index is 12.9. The zero-order chi connectivity index (χ0) is 17.9. The van der Waals surface area contributed by atoms with Crippen molar-refractivity contribution < 1.29 is 8.42 Å². The van der Waals surface area contributed by atoms with Crippen molar-refractivity contribution in [2.45, 2.75) is 24.9 Å². The second kappa shape index (κ2) is 7.21. The average molecular weight is 355 g/mol. The quantitative estimate of drug-likeness (QED) is 0.683. The van der Waals surface area contributed by atoms with Crippen molar-refractivity contribution >= 4 is 10.0 Å². The Hall–Kier alpha value is -2.44. The third-order valence-electron chi connectivity index (χ3n) is 4.02. The van der Waals surface area contributed by atoms with E-state index in [4.69, 9.17) is 0 Å². The van der Waals surface area contributed by atoms with E-state index in [0.29, 0.717) is 18.8 Å². The van der Waals surface area contributed by atoms with Crippen LogP contribution < -0.4 is 0 Å². The molecule has 0 spiro atoms. The largest absolute Gasteiger partial charge is 0.267 e. The third kappa shape index (κ3) is 3.97. The summed E-state index contributed by atoms with van der Waals surface area (Å²) in [6.07, 6.45) is 1.61. The fourth-order valence-corrected chi connectivity index (χ4v) is 4.02. The number of benzene rings is 2. The van der Waals surface area contributed by atoms with Gasteiger partial charge in [0.05, 0.1) is 12.2 Å². The van der Waals surface area contributed by atoms with Crippen LogP contribution in [0.5, 0.6) is 0 Å². The first-order chi connectivity index (χ1) is 12.0. The molecule has 0 radical (unpaired) electrons. The Balaban J connectivity index is 1.82. The molecule has 0 N–H and O–H groups in total. The summed E-state index contributed by atoms with van der Waals surface area (Å²) >= 11 is 0. The van der Waals surface area contributed by atoms with Gasteiger partial charge in [-0.2, -0.15) is 9.40 Å². The van der Waals surface area contributed by atoms with Gasteiger partial charge in [0.25, 0.3) is 0 Å². The highest BCUT2D eigenvalue weighted by Crippen LogP contribution is 2.20. The van der Waals surface area contributed by atoms with Crippen molar-refractivity contribution in [3.63, 3.8) is 0 Å². The highest BCUT2D eigenvalue weighted by molar-refractivity contribution is 7.89. The lowest BCUT2D eigenvalue weighted by Gasteiger charge is -2.16. The Morgan fingerprint density at radius 3 is 2.12 bits per heavy atom. The predicted molar refractivity (Wildman–Crippen MR) is 97.6 cm³/mol. The molecule has 0 aliphatic rings. The van der Waals surface area contributed by atoms with Gasteiger partial charge in [-0.15, -0.1) is 0 Å². The van der Waals surface area contributed by atoms with Crippen molar-refractivity contribution in [1.82, 2.24) is 14.1 Å². The van der Waals surface area contributed by atoms with Crippen molar-refractivity contribution in [3.8, 4) is 0 Å². The molecule has 0 aliphatic heterocycles. The maximum atomic E-state index is 12.9. The molecular formula is C19H21N3O2S. The summed E-state index contributed by atoms with van der Waals surface area (Å²) in [6.45, 7) is 2.59. The first-order valence-electron chi connectivity index (χ1n) is 8.05. The van der Waals surface area contributed by atoms with Crippen molar-refractivity contribution in [2.75, 3.05) is 7.05 Å². The summed E-state index contributed by atoms with van der Waals surface area (Å²) in [4.78, 5) is 0.252. The van der Waals surface area contributed by atoms with Gasteiger partial charge in [-0.25, -0.2) is 8.42 Å². The standard InChI is InChI=1S/C19H21N3O2S/c1-16-19(15-22(20-16)14-18-11-7-4-8-12-18)25(23,24)21(2)13-17-9-5-3-6-10-17/h3-12,15H,13-14H2,1-2H3. The summed E-state index contributed by atoms with van der Waals surface area (Å²) in [5.41, 5.74) is 2.53. The van der Waals surface area contributed by atoms with Crippen LogP contribution >= 0.6 is 0 Å². The lowest BCUT2D eigenvalue weighted by atomic mass is 10.2. The van der Waals surface area contributed by atoms with E-state index >= 15 is 0 Å². The minimum absolute atomic E-state index is 0.252. The Morgan fingerprint density at radius 1 is 0.960 bits per heavy atom. The molecule has 0 bridgehead atoms. The second-order valence-corrected chi connectivity index (χ2v) is 8.02. The van der Waals surface area contributed by atoms with Crippen LogP contribution in [0, 0.1) is 6.92 Å². The van der Waals surface area contributed by atoms with E-state index in [9.17, 15) is 8.42 Å². The monoisotopic (exact) mass is 355 g/mol. The first kappa shape index (κ1) is 17.4. The molecule has 0 saturated heterocycles. The highest BCUT2D eigenvalue weighted by atomic mass is 32.2. The molecule has 2 aromatic carbocycles. The molecule has 6 heteroatoms. The van der Waals surface area contributed by atoms with Gasteiger partial charge in [-0.1, -0.05) is 60.7 Å². The van der Waals surface area contributed by atoms with Gasteiger partial charge in [0, 0.05) is 19.8 Å². The van der Waals surface area contributed by atoms with E-state index in [0.717, 1.165) is 11.1 Å². The zero-order valence-corrected chi connectivity index (χ0v) is 15.1. The van der Waals surface area contributed by atoms with Crippen LogP contribution in [0.4, 0.5) is 0 Å². The van der Waals surface area contributed by atoms with Gasteiger partial charge in [-0.3, -0.25) is 4.68 Å². The summed E-state index contributed by atoms with van der Waals surface area (Å²) in [7, 11) is -2.00. The van der Waals surface area contributed by atoms with Gasteiger partial charge in [0.1, 0.15) is 4.90 Å². The fraction of sp³-hybridized carbons (Fsp3) is 0.211. The maximum Gasteiger partial charge on any atom is 0.246 e. The van der Waals surface area contributed by atoms with Crippen LogP contribution in [0.3, 0.4) is 0 Å². The highest BCUT2D eigenvalue weighted by Gasteiger charge is 2.25. The molecule has 130 valence electrons. The van der Waals surface area contributed by atoms with Crippen LogP contribution in [-0.4, -0.2) is 29.6 Å². The van der Waals surface area contributed by atoms with Gasteiger partial charge in [0.15, 0.2) is 0 Å². The molecule has 1 aromatic heterocycles. The molecule has 25 heavy (non-hydrogen) atoms. The second-order valence-electron chi connectivity index (χ2n) is 6.01. The van der Waals surface area contributed by atoms with Crippen molar-refractivity contribution in [1.29, 1.82) is 0 Å². The lowest BCUT2D eigenvalue weighted by Crippen LogP contribution is -2.26. The van der Waals surface area contributed by atoms with Crippen molar-refractivity contribution in [2.24, 2.45) is 0 Å². The average Bonchev–Trinajstić information content (AvgIpc) is 2.97. The molecule has 3 rings (SSSR count). The molecule has 0 saturated carbocycles. The number of sulfonamides is 1. The number of nitrogens with zero attached hydrogens (tertiary/aromatic N) is 3. The number of aryl methyl sites for hydroxylation is 1. The number of hydrogen-bond acceptors (Lipinski definition) is 3. The third-order valence-corrected chi connectivity index (χ3v) is 5.93. The van der Waals surface area contributed by atoms with E-state index in [1.807, 2.05) is 60.7 Å². The smallest absolute Gasteiger partial charge is 0.246 e. The number of rotatable bonds is 6. The van der Waals surface area contributed by atoms with Crippen LogP contribution in [0.2, 0.25) is 0 Å². The topological polar surface area (TPSA) is 55.2 Å². The minimum atomic E-state index is -3.59. The van der Waals surface area contributed by atoms with E-state index in [1.165, 1.54) is 4.31 Å². The summed E-state index contributed by atoms with van der Waals surface area (Å²) in [5, 5.41) is 4.37. The van der Waals surface area contributed by atoms with Gasteiger partial charge < -0.3 is 0 Å². The summed E-state index contributed by atoms with van der Waals surface area (Å²) in [6, 6.07) is 19.4. The Bertz CT molecular complexity index is 935. The van der Waals surface area contributed by atoms with Crippen LogP contribution in [-0.2, 0) is 23.1 Å². The molecular weight excluding hydrogens is 334 g/mol. The summed E-state index contributed by atoms with van der Waals surface area (Å²) < 4.78 is 28.8. The normalized spacial score (nSPS) is 11.8. The summed E-state index contributed by atoms with van der Waals surface area (Å²) in [5.74, 6) is 0. The Labute approximate surface area is 148 Å². The van der Waals surface area contributed by atoms with Crippen LogP contribution in [0.1, 0.15) is 16.8 Å². The van der Waals surface area contributed by atoms with Crippen LogP contribution in [0.25, 0.3) is 0 Å². The molecule has 0 atom stereocenters. The van der Waals surface area contributed by atoms with Crippen molar-refractivity contribution in [3.05, 3.63) is 83.7 Å². The molecule has 0 fully saturated rings. The molecule has 5 nitrogen and oxygen atoms in total. The number of hydrogen-bond donors (Lipinski definition) is 0. The predicted octanol–water partition coefficient (Wildman–Crippen LogP) is 3.06. The molecule has 3 aromatic rings. The Morgan fingerprint density at radius 2 is 1.52 bits per heavy atom.